The van der Waals surface area contributed by atoms with E-state index >= 15 is 0 Å². The fourth-order valence-corrected chi connectivity index (χ4v) is 2.72. The molecule has 1 atom stereocenters. The number of hydrogen-bond donors (Lipinski definition) is 2. The molecule has 0 radical (unpaired) electrons. The van der Waals surface area contributed by atoms with Crippen molar-refractivity contribution in [2.45, 2.75) is 18.9 Å². The SMILES string of the molecule is c1cc2c(cc1Nc1nncc(NCC3CCCO3)n1)OCCO2. The van der Waals surface area contributed by atoms with E-state index < -0.39 is 0 Å². The Hall–Kier alpha value is -2.61. The van der Waals surface area contributed by atoms with Gasteiger partial charge in [0, 0.05) is 24.9 Å². The maximum absolute atomic E-state index is 5.59. The maximum atomic E-state index is 5.59. The number of rotatable bonds is 5. The maximum Gasteiger partial charge on any atom is 0.249 e. The van der Waals surface area contributed by atoms with Crippen LogP contribution in [0.1, 0.15) is 12.8 Å². The minimum Gasteiger partial charge on any atom is -0.486 e. The summed E-state index contributed by atoms with van der Waals surface area (Å²) in [5.41, 5.74) is 0.817. The van der Waals surface area contributed by atoms with Crippen molar-refractivity contribution >= 4 is 17.5 Å². The Bertz CT molecular complexity index is 706. The van der Waals surface area contributed by atoms with Crippen molar-refractivity contribution in [3.05, 3.63) is 24.4 Å². The summed E-state index contributed by atoms with van der Waals surface area (Å²) < 4.78 is 16.7. The zero-order chi connectivity index (χ0) is 16.2. The first-order chi connectivity index (χ1) is 11.9. The van der Waals surface area contributed by atoms with Crippen LogP contribution in [0.4, 0.5) is 17.5 Å². The van der Waals surface area contributed by atoms with Crippen LogP contribution in [0.5, 0.6) is 11.5 Å². The molecule has 2 aliphatic rings. The van der Waals surface area contributed by atoms with Crippen LogP contribution in [-0.4, -0.2) is 47.7 Å². The summed E-state index contributed by atoms with van der Waals surface area (Å²) in [6.45, 7) is 2.69. The van der Waals surface area contributed by atoms with Crippen molar-refractivity contribution in [1.29, 1.82) is 0 Å². The van der Waals surface area contributed by atoms with Crippen molar-refractivity contribution in [1.82, 2.24) is 15.2 Å². The molecule has 3 heterocycles. The third kappa shape index (κ3) is 3.48. The second-order valence-electron chi connectivity index (χ2n) is 5.66. The van der Waals surface area contributed by atoms with Gasteiger partial charge in [0.25, 0.3) is 0 Å². The van der Waals surface area contributed by atoms with E-state index in [1.54, 1.807) is 6.20 Å². The molecule has 2 aromatic rings. The molecule has 8 nitrogen and oxygen atoms in total. The van der Waals surface area contributed by atoms with Gasteiger partial charge in [0.05, 0.1) is 12.3 Å². The molecule has 1 aromatic carbocycles. The number of nitrogens with zero attached hydrogens (tertiary/aromatic N) is 3. The number of ether oxygens (including phenoxy) is 3. The number of nitrogens with one attached hydrogen (secondary N) is 2. The number of anilines is 3. The van der Waals surface area contributed by atoms with E-state index in [9.17, 15) is 0 Å². The number of benzene rings is 1. The summed E-state index contributed by atoms with van der Waals surface area (Å²) in [6.07, 6.45) is 4.04. The lowest BCUT2D eigenvalue weighted by Crippen LogP contribution is -2.19. The van der Waals surface area contributed by atoms with Crippen LogP contribution in [0.15, 0.2) is 24.4 Å². The molecule has 8 heteroatoms. The molecule has 126 valence electrons. The van der Waals surface area contributed by atoms with Gasteiger partial charge in [0.2, 0.25) is 5.95 Å². The van der Waals surface area contributed by atoms with Gasteiger partial charge >= 0.3 is 0 Å². The van der Waals surface area contributed by atoms with Gasteiger partial charge < -0.3 is 24.8 Å². The molecular weight excluding hydrogens is 310 g/mol. The van der Waals surface area contributed by atoms with Gasteiger partial charge in [-0.15, -0.1) is 5.10 Å². The second kappa shape index (κ2) is 6.88. The van der Waals surface area contributed by atoms with E-state index in [0.717, 1.165) is 37.4 Å². The molecule has 0 amide bonds. The summed E-state index contributed by atoms with van der Waals surface area (Å²) in [6, 6.07) is 5.62. The molecule has 2 aliphatic heterocycles. The number of fused-ring (bicyclic) bond motifs is 1. The molecule has 0 saturated carbocycles. The van der Waals surface area contributed by atoms with E-state index in [2.05, 4.69) is 25.8 Å². The zero-order valence-electron chi connectivity index (χ0n) is 13.2. The zero-order valence-corrected chi connectivity index (χ0v) is 13.2. The fraction of sp³-hybridized carbons (Fsp3) is 0.438. The topological polar surface area (TPSA) is 90.4 Å². The molecule has 0 spiro atoms. The fourth-order valence-electron chi connectivity index (χ4n) is 2.72. The van der Waals surface area contributed by atoms with Gasteiger partial charge in [-0.1, -0.05) is 0 Å². The van der Waals surface area contributed by atoms with Crippen LogP contribution in [0.25, 0.3) is 0 Å². The van der Waals surface area contributed by atoms with E-state index in [4.69, 9.17) is 14.2 Å². The first-order valence-electron chi connectivity index (χ1n) is 8.09. The van der Waals surface area contributed by atoms with Gasteiger partial charge in [0.15, 0.2) is 17.3 Å². The highest BCUT2D eigenvalue weighted by atomic mass is 16.6. The van der Waals surface area contributed by atoms with Crippen LogP contribution in [0, 0.1) is 0 Å². The predicted octanol–water partition coefficient (Wildman–Crippen LogP) is 1.98. The van der Waals surface area contributed by atoms with Crippen molar-refractivity contribution in [2.75, 3.05) is 37.0 Å². The molecule has 1 saturated heterocycles. The highest BCUT2D eigenvalue weighted by Crippen LogP contribution is 2.33. The Morgan fingerprint density at radius 3 is 2.92 bits per heavy atom. The van der Waals surface area contributed by atoms with Gasteiger partial charge in [-0.25, -0.2) is 0 Å². The average Bonchev–Trinajstić information content (AvgIpc) is 3.14. The van der Waals surface area contributed by atoms with E-state index in [1.165, 1.54) is 0 Å². The Labute approximate surface area is 139 Å². The Kier molecular flexibility index (Phi) is 4.28. The summed E-state index contributed by atoms with van der Waals surface area (Å²) in [7, 11) is 0. The van der Waals surface area contributed by atoms with Crippen molar-refractivity contribution in [3.63, 3.8) is 0 Å². The van der Waals surface area contributed by atoms with Crippen LogP contribution in [-0.2, 0) is 4.74 Å². The summed E-state index contributed by atoms with van der Waals surface area (Å²) in [5.74, 6) is 2.55. The molecule has 1 aromatic heterocycles. The van der Waals surface area contributed by atoms with Crippen molar-refractivity contribution < 1.29 is 14.2 Å². The normalized spacial score (nSPS) is 19.1. The Morgan fingerprint density at radius 2 is 2.04 bits per heavy atom. The molecular formula is C16H19N5O3. The predicted molar refractivity (Wildman–Crippen MR) is 88.0 cm³/mol. The number of aromatic nitrogens is 3. The lowest BCUT2D eigenvalue weighted by Gasteiger charge is -2.19. The summed E-state index contributed by atoms with van der Waals surface area (Å²) in [4.78, 5) is 4.42. The number of hydrogen-bond acceptors (Lipinski definition) is 8. The van der Waals surface area contributed by atoms with Gasteiger partial charge in [-0.05, 0) is 25.0 Å². The quantitative estimate of drug-likeness (QED) is 0.860. The molecule has 1 unspecified atom stereocenters. The average molecular weight is 329 g/mol. The van der Waals surface area contributed by atoms with E-state index in [1.807, 2.05) is 18.2 Å². The third-order valence-corrected chi connectivity index (χ3v) is 3.89. The van der Waals surface area contributed by atoms with Gasteiger partial charge in [0.1, 0.15) is 13.2 Å². The Balaban J connectivity index is 1.41. The summed E-state index contributed by atoms with van der Waals surface area (Å²) >= 11 is 0. The van der Waals surface area contributed by atoms with Crippen LogP contribution >= 0.6 is 0 Å². The van der Waals surface area contributed by atoms with Crippen molar-refractivity contribution in [2.24, 2.45) is 0 Å². The van der Waals surface area contributed by atoms with E-state index in [0.29, 0.717) is 30.7 Å². The van der Waals surface area contributed by atoms with Crippen LogP contribution < -0.4 is 20.1 Å². The largest absolute Gasteiger partial charge is 0.486 e. The first-order valence-corrected chi connectivity index (χ1v) is 8.09. The lowest BCUT2D eigenvalue weighted by molar-refractivity contribution is 0.120. The highest BCUT2D eigenvalue weighted by molar-refractivity contribution is 5.60. The first kappa shape index (κ1) is 14.9. The molecule has 0 aliphatic carbocycles. The smallest absolute Gasteiger partial charge is 0.249 e. The Morgan fingerprint density at radius 1 is 1.12 bits per heavy atom. The summed E-state index contributed by atoms with van der Waals surface area (Å²) in [5, 5.41) is 14.4. The molecule has 4 rings (SSSR count). The molecule has 24 heavy (non-hydrogen) atoms. The molecule has 1 fully saturated rings. The second-order valence-corrected chi connectivity index (χ2v) is 5.66. The standard InChI is InChI=1S/C16H19N5O3/c1-2-12(22-5-1)9-17-15-10-18-21-16(20-15)19-11-3-4-13-14(8-11)24-7-6-23-13/h3-4,8,10,12H,1-2,5-7,9H2,(H2,17,19,20,21). The van der Waals surface area contributed by atoms with Gasteiger partial charge in [-0.2, -0.15) is 10.1 Å². The minimum atomic E-state index is 0.245. The van der Waals surface area contributed by atoms with Crippen LogP contribution in [0.2, 0.25) is 0 Å². The molecule has 2 N–H and O–H groups in total. The highest BCUT2D eigenvalue weighted by Gasteiger charge is 2.15. The lowest BCUT2D eigenvalue weighted by atomic mass is 10.2. The monoisotopic (exact) mass is 329 g/mol. The third-order valence-electron chi connectivity index (χ3n) is 3.89. The van der Waals surface area contributed by atoms with Crippen LogP contribution in [0.3, 0.4) is 0 Å². The molecule has 0 bridgehead atoms. The minimum absolute atomic E-state index is 0.245. The van der Waals surface area contributed by atoms with Crippen molar-refractivity contribution in [3.8, 4) is 11.5 Å². The van der Waals surface area contributed by atoms with E-state index in [-0.39, 0.29) is 6.10 Å². The van der Waals surface area contributed by atoms with Gasteiger partial charge in [-0.3, -0.25) is 0 Å².